The highest BCUT2D eigenvalue weighted by molar-refractivity contribution is 5.60. The number of nitrogens with one attached hydrogen (secondary N) is 2. The third-order valence-corrected chi connectivity index (χ3v) is 2.91. The van der Waals surface area contributed by atoms with Crippen LogP contribution in [-0.4, -0.2) is 30.2 Å². The lowest BCUT2D eigenvalue weighted by Gasteiger charge is -2.10. The molecule has 0 fully saturated rings. The highest BCUT2D eigenvalue weighted by Gasteiger charge is 2.03. The Bertz CT molecular complexity index is 572. The number of anilines is 3. The standard InChI is InChI=1S/C15H20N4O/c1-11-4-5-12(2)13(10-11)18-15-17-7-6-14(19-15)16-8-9-20-3/h4-7,10H,8-9H2,1-3H3,(H2,16,17,18,19). The summed E-state index contributed by atoms with van der Waals surface area (Å²) in [6.07, 6.45) is 1.73. The first-order valence-electron chi connectivity index (χ1n) is 6.59. The number of methoxy groups -OCH3 is 1. The zero-order chi connectivity index (χ0) is 14.4. The van der Waals surface area contributed by atoms with Gasteiger partial charge < -0.3 is 15.4 Å². The van der Waals surface area contributed by atoms with E-state index in [2.05, 4.69) is 52.6 Å². The molecule has 0 aliphatic carbocycles. The molecule has 106 valence electrons. The van der Waals surface area contributed by atoms with Crippen LogP contribution < -0.4 is 10.6 Å². The van der Waals surface area contributed by atoms with Gasteiger partial charge in [-0.15, -0.1) is 0 Å². The largest absolute Gasteiger partial charge is 0.383 e. The van der Waals surface area contributed by atoms with Crippen molar-refractivity contribution < 1.29 is 4.74 Å². The summed E-state index contributed by atoms with van der Waals surface area (Å²) in [5, 5.41) is 6.43. The van der Waals surface area contributed by atoms with E-state index in [1.54, 1.807) is 13.3 Å². The van der Waals surface area contributed by atoms with Crippen molar-refractivity contribution in [2.75, 3.05) is 30.9 Å². The van der Waals surface area contributed by atoms with Crippen molar-refractivity contribution in [1.82, 2.24) is 9.97 Å². The van der Waals surface area contributed by atoms with E-state index in [1.807, 2.05) is 6.07 Å². The van der Waals surface area contributed by atoms with Crippen LogP contribution in [0.4, 0.5) is 17.5 Å². The molecule has 0 radical (unpaired) electrons. The van der Waals surface area contributed by atoms with Gasteiger partial charge in [0.2, 0.25) is 5.95 Å². The molecule has 2 N–H and O–H groups in total. The second kappa shape index (κ2) is 6.86. The molecule has 0 unspecified atom stereocenters. The van der Waals surface area contributed by atoms with E-state index >= 15 is 0 Å². The van der Waals surface area contributed by atoms with Crippen molar-refractivity contribution in [3.8, 4) is 0 Å². The summed E-state index contributed by atoms with van der Waals surface area (Å²) >= 11 is 0. The molecule has 1 aromatic carbocycles. The third kappa shape index (κ3) is 3.93. The van der Waals surface area contributed by atoms with Gasteiger partial charge in [0.25, 0.3) is 0 Å². The molecule has 1 aromatic heterocycles. The maximum Gasteiger partial charge on any atom is 0.229 e. The summed E-state index contributed by atoms with van der Waals surface area (Å²) in [5.74, 6) is 1.37. The number of hydrogen-bond donors (Lipinski definition) is 2. The summed E-state index contributed by atoms with van der Waals surface area (Å²) in [4.78, 5) is 8.66. The van der Waals surface area contributed by atoms with Gasteiger partial charge in [-0.3, -0.25) is 0 Å². The Kier molecular flexibility index (Phi) is 4.90. The van der Waals surface area contributed by atoms with Gasteiger partial charge in [0.15, 0.2) is 0 Å². The molecule has 0 saturated heterocycles. The molecule has 0 aliphatic rings. The fraction of sp³-hybridized carbons (Fsp3) is 0.333. The fourth-order valence-electron chi connectivity index (χ4n) is 1.79. The van der Waals surface area contributed by atoms with Crippen LogP contribution in [0.2, 0.25) is 0 Å². The minimum Gasteiger partial charge on any atom is -0.383 e. The molecule has 0 atom stereocenters. The first-order valence-corrected chi connectivity index (χ1v) is 6.59. The molecule has 0 amide bonds. The van der Waals surface area contributed by atoms with Crippen LogP contribution in [0, 0.1) is 13.8 Å². The zero-order valence-electron chi connectivity index (χ0n) is 12.1. The van der Waals surface area contributed by atoms with Crippen LogP contribution in [0.15, 0.2) is 30.5 Å². The van der Waals surface area contributed by atoms with Crippen LogP contribution in [0.25, 0.3) is 0 Å². The highest BCUT2D eigenvalue weighted by atomic mass is 16.5. The Morgan fingerprint density at radius 1 is 1.20 bits per heavy atom. The average Bonchev–Trinajstić information content (AvgIpc) is 2.44. The minimum atomic E-state index is 0.584. The molecular weight excluding hydrogens is 252 g/mol. The number of aryl methyl sites for hydroxylation is 2. The second-order valence-corrected chi connectivity index (χ2v) is 4.63. The van der Waals surface area contributed by atoms with Crippen molar-refractivity contribution >= 4 is 17.5 Å². The quantitative estimate of drug-likeness (QED) is 0.792. The van der Waals surface area contributed by atoms with Gasteiger partial charge in [-0.05, 0) is 37.1 Å². The number of hydrogen-bond acceptors (Lipinski definition) is 5. The molecular formula is C15H20N4O. The molecule has 20 heavy (non-hydrogen) atoms. The van der Waals surface area contributed by atoms with Crippen molar-refractivity contribution in [2.45, 2.75) is 13.8 Å². The lowest BCUT2D eigenvalue weighted by atomic mass is 10.1. The fourth-order valence-corrected chi connectivity index (χ4v) is 1.79. The monoisotopic (exact) mass is 272 g/mol. The number of benzene rings is 1. The van der Waals surface area contributed by atoms with Gasteiger partial charge in [0.1, 0.15) is 5.82 Å². The Morgan fingerprint density at radius 2 is 2.05 bits per heavy atom. The van der Waals surface area contributed by atoms with Crippen molar-refractivity contribution in [3.63, 3.8) is 0 Å². The molecule has 5 heteroatoms. The Morgan fingerprint density at radius 3 is 2.85 bits per heavy atom. The van der Waals surface area contributed by atoms with Gasteiger partial charge in [-0.2, -0.15) is 4.98 Å². The third-order valence-electron chi connectivity index (χ3n) is 2.91. The SMILES string of the molecule is COCCNc1ccnc(Nc2cc(C)ccc2C)n1. The second-order valence-electron chi connectivity index (χ2n) is 4.63. The van der Waals surface area contributed by atoms with Gasteiger partial charge in [0.05, 0.1) is 6.61 Å². The van der Waals surface area contributed by atoms with Gasteiger partial charge in [0, 0.05) is 25.5 Å². The molecule has 1 heterocycles. The van der Waals surface area contributed by atoms with Crippen LogP contribution >= 0.6 is 0 Å². The first kappa shape index (κ1) is 14.3. The van der Waals surface area contributed by atoms with Crippen LogP contribution in [0.5, 0.6) is 0 Å². The van der Waals surface area contributed by atoms with Gasteiger partial charge in [-0.1, -0.05) is 12.1 Å². The van der Waals surface area contributed by atoms with Crippen molar-refractivity contribution in [1.29, 1.82) is 0 Å². The normalized spacial score (nSPS) is 10.3. The van der Waals surface area contributed by atoms with E-state index in [9.17, 15) is 0 Å². The molecule has 0 aliphatic heterocycles. The topological polar surface area (TPSA) is 59.1 Å². The summed E-state index contributed by atoms with van der Waals surface area (Å²) in [6.45, 7) is 5.48. The lowest BCUT2D eigenvalue weighted by molar-refractivity contribution is 0.210. The highest BCUT2D eigenvalue weighted by Crippen LogP contribution is 2.20. The summed E-state index contributed by atoms with van der Waals surface area (Å²) in [5.41, 5.74) is 3.39. The Balaban J connectivity index is 2.09. The van der Waals surface area contributed by atoms with Crippen LogP contribution in [-0.2, 0) is 4.74 Å². The Hall–Kier alpha value is -2.14. The molecule has 2 aromatic rings. The maximum absolute atomic E-state index is 5.00. The summed E-state index contributed by atoms with van der Waals surface area (Å²) in [7, 11) is 1.68. The average molecular weight is 272 g/mol. The molecule has 2 rings (SSSR count). The first-order chi connectivity index (χ1) is 9.69. The van der Waals surface area contributed by atoms with Gasteiger partial charge >= 0.3 is 0 Å². The van der Waals surface area contributed by atoms with E-state index in [0.717, 1.165) is 23.6 Å². The van der Waals surface area contributed by atoms with E-state index in [1.165, 1.54) is 5.56 Å². The van der Waals surface area contributed by atoms with E-state index in [4.69, 9.17) is 4.74 Å². The molecule has 0 saturated carbocycles. The van der Waals surface area contributed by atoms with E-state index < -0.39 is 0 Å². The van der Waals surface area contributed by atoms with Gasteiger partial charge in [-0.25, -0.2) is 4.98 Å². The number of ether oxygens (including phenoxy) is 1. The minimum absolute atomic E-state index is 0.584. The number of rotatable bonds is 6. The van der Waals surface area contributed by atoms with E-state index in [-0.39, 0.29) is 0 Å². The summed E-state index contributed by atoms with van der Waals surface area (Å²) < 4.78 is 5.00. The lowest BCUT2D eigenvalue weighted by Crippen LogP contribution is -2.09. The predicted octanol–water partition coefficient (Wildman–Crippen LogP) is 2.90. The molecule has 0 bridgehead atoms. The van der Waals surface area contributed by atoms with Crippen molar-refractivity contribution in [2.24, 2.45) is 0 Å². The van der Waals surface area contributed by atoms with Crippen LogP contribution in [0.3, 0.4) is 0 Å². The zero-order valence-corrected chi connectivity index (χ0v) is 12.1. The summed E-state index contributed by atoms with van der Waals surface area (Å²) in [6, 6.07) is 8.09. The maximum atomic E-state index is 5.00. The smallest absolute Gasteiger partial charge is 0.229 e. The molecule has 0 spiro atoms. The van der Waals surface area contributed by atoms with E-state index in [0.29, 0.717) is 12.6 Å². The number of nitrogens with zero attached hydrogens (tertiary/aromatic N) is 2. The Labute approximate surface area is 119 Å². The van der Waals surface area contributed by atoms with Crippen molar-refractivity contribution in [3.05, 3.63) is 41.6 Å². The number of aromatic nitrogens is 2. The van der Waals surface area contributed by atoms with Crippen LogP contribution in [0.1, 0.15) is 11.1 Å². The molecule has 5 nitrogen and oxygen atoms in total. The predicted molar refractivity (Wildman–Crippen MR) is 81.6 cm³/mol.